The van der Waals surface area contributed by atoms with Gasteiger partial charge in [0.2, 0.25) is 5.91 Å². The van der Waals surface area contributed by atoms with Gasteiger partial charge in [0, 0.05) is 38.4 Å². The van der Waals surface area contributed by atoms with Gasteiger partial charge in [0.1, 0.15) is 0 Å². The first-order valence-electron chi connectivity index (χ1n) is 6.53. The Hall–Kier alpha value is -0.750. The molecule has 0 radical (unpaired) electrons. The van der Waals surface area contributed by atoms with Gasteiger partial charge in [-0.1, -0.05) is 24.6 Å². The summed E-state index contributed by atoms with van der Waals surface area (Å²) in [5.41, 5.74) is 0. The Labute approximate surface area is 112 Å². The molecule has 6 heteroatoms. The van der Waals surface area contributed by atoms with Crippen molar-refractivity contribution in [1.82, 2.24) is 10.2 Å². The monoisotopic (exact) mass is 274 g/mol. The van der Waals surface area contributed by atoms with E-state index in [2.05, 4.69) is 5.32 Å². The third-order valence-corrected chi connectivity index (χ3v) is 3.75. The number of hydrogen-bond donors (Lipinski definition) is 2. The van der Waals surface area contributed by atoms with E-state index in [0.717, 1.165) is 38.0 Å². The normalized spacial score (nSPS) is 15.2. The molecule has 0 aromatic carbocycles. The van der Waals surface area contributed by atoms with E-state index in [1.807, 2.05) is 0 Å². The molecule has 0 atom stereocenters. The van der Waals surface area contributed by atoms with E-state index in [0.29, 0.717) is 19.5 Å². The quantitative estimate of drug-likeness (QED) is 0.620. The lowest BCUT2D eigenvalue weighted by Crippen LogP contribution is -2.31. The molecule has 0 aliphatic carbocycles. The largest absolute Gasteiger partial charge is 0.396 e. The number of aliphatic hydroxyl groups is 1. The van der Waals surface area contributed by atoms with Crippen LogP contribution in [0.4, 0.5) is 4.79 Å². The predicted octanol–water partition coefficient (Wildman–Crippen LogP) is 1.21. The molecule has 2 N–H and O–H groups in total. The molecule has 1 fully saturated rings. The number of thioether (sulfide) groups is 1. The number of nitrogens with one attached hydrogen (secondary N) is 1. The lowest BCUT2D eigenvalue weighted by atomic mass is 10.2. The van der Waals surface area contributed by atoms with Gasteiger partial charge < -0.3 is 15.3 Å². The zero-order valence-corrected chi connectivity index (χ0v) is 11.5. The van der Waals surface area contributed by atoms with Crippen molar-refractivity contribution < 1.29 is 14.7 Å². The Morgan fingerprint density at radius 2 is 2.11 bits per heavy atom. The summed E-state index contributed by atoms with van der Waals surface area (Å²) >= 11 is 1.32. The Morgan fingerprint density at radius 1 is 1.33 bits per heavy atom. The molecule has 104 valence electrons. The van der Waals surface area contributed by atoms with Gasteiger partial charge in [0.15, 0.2) is 0 Å². The maximum atomic E-state index is 11.5. The molecule has 1 saturated heterocycles. The molecule has 0 saturated carbocycles. The van der Waals surface area contributed by atoms with Crippen LogP contribution in [0.2, 0.25) is 0 Å². The summed E-state index contributed by atoms with van der Waals surface area (Å²) in [7, 11) is 0. The zero-order chi connectivity index (χ0) is 13.2. The van der Waals surface area contributed by atoms with Gasteiger partial charge in [-0.25, -0.2) is 0 Å². The van der Waals surface area contributed by atoms with Crippen LogP contribution < -0.4 is 5.32 Å². The number of carbonyl (C=O) groups excluding carboxylic acids is 2. The van der Waals surface area contributed by atoms with Crippen LogP contribution in [0.15, 0.2) is 0 Å². The first-order valence-corrected chi connectivity index (χ1v) is 7.52. The third-order valence-electron chi connectivity index (χ3n) is 2.86. The van der Waals surface area contributed by atoms with Gasteiger partial charge >= 0.3 is 0 Å². The van der Waals surface area contributed by atoms with Crippen LogP contribution in [-0.4, -0.2) is 53.1 Å². The summed E-state index contributed by atoms with van der Waals surface area (Å²) < 4.78 is 0. The molecular formula is C12H22N2O3S. The van der Waals surface area contributed by atoms with Gasteiger partial charge in [0.05, 0.1) is 0 Å². The molecule has 1 aliphatic rings. The summed E-state index contributed by atoms with van der Waals surface area (Å²) in [6.45, 7) is 2.22. The molecule has 0 aromatic rings. The number of amides is 2. The van der Waals surface area contributed by atoms with Crippen LogP contribution in [-0.2, 0) is 4.79 Å². The van der Waals surface area contributed by atoms with Crippen LogP contribution in [0.25, 0.3) is 0 Å². The number of hydrogen-bond acceptors (Lipinski definition) is 4. The third kappa shape index (κ3) is 6.26. The first-order chi connectivity index (χ1) is 8.74. The second kappa shape index (κ2) is 9.22. The fraction of sp³-hybridized carbons (Fsp3) is 0.833. The maximum Gasteiger partial charge on any atom is 0.281 e. The van der Waals surface area contributed by atoms with Crippen molar-refractivity contribution in [3.63, 3.8) is 0 Å². The molecule has 0 unspecified atom stereocenters. The minimum atomic E-state index is 0.0156. The Morgan fingerprint density at radius 3 is 2.78 bits per heavy atom. The lowest BCUT2D eigenvalue weighted by Gasteiger charge is -2.13. The minimum absolute atomic E-state index is 0.0156. The van der Waals surface area contributed by atoms with Crippen molar-refractivity contribution in [3.05, 3.63) is 0 Å². The van der Waals surface area contributed by atoms with Crippen molar-refractivity contribution in [1.29, 1.82) is 0 Å². The Kier molecular flexibility index (Phi) is 7.84. The SMILES string of the molecule is O=C(CCN1CCSC1=O)NCCCCCCO. The molecule has 5 nitrogen and oxygen atoms in total. The summed E-state index contributed by atoms with van der Waals surface area (Å²) in [5, 5.41) is 11.5. The van der Waals surface area contributed by atoms with Crippen LogP contribution in [0.1, 0.15) is 32.1 Å². The predicted molar refractivity (Wildman–Crippen MR) is 72.6 cm³/mol. The number of carbonyl (C=O) groups is 2. The van der Waals surface area contributed by atoms with Gasteiger partial charge in [-0.05, 0) is 12.8 Å². The average molecular weight is 274 g/mol. The molecule has 0 aromatic heterocycles. The van der Waals surface area contributed by atoms with E-state index in [4.69, 9.17) is 5.11 Å². The number of unbranched alkanes of at least 4 members (excludes halogenated alkanes) is 3. The standard InChI is InChI=1S/C12H22N2O3S/c15-9-4-2-1-3-6-13-11(16)5-7-14-8-10-18-12(14)17/h15H,1-10H2,(H,13,16). The summed E-state index contributed by atoms with van der Waals surface area (Å²) in [5.74, 6) is 0.854. The van der Waals surface area contributed by atoms with E-state index >= 15 is 0 Å². The van der Waals surface area contributed by atoms with Gasteiger partial charge in [0.25, 0.3) is 5.24 Å². The van der Waals surface area contributed by atoms with E-state index in [1.165, 1.54) is 11.8 Å². The summed E-state index contributed by atoms with van der Waals surface area (Å²) in [6, 6.07) is 0. The van der Waals surface area contributed by atoms with E-state index in [9.17, 15) is 9.59 Å². The highest BCUT2D eigenvalue weighted by Crippen LogP contribution is 2.16. The van der Waals surface area contributed by atoms with Crippen molar-refractivity contribution in [2.24, 2.45) is 0 Å². The summed E-state index contributed by atoms with van der Waals surface area (Å²) in [4.78, 5) is 24.5. The van der Waals surface area contributed by atoms with Gasteiger partial charge in [-0.3, -0.25) is 9.59 Å². The smallest absolute Gasteiger partial charge is 0.281 e. The Bertz CT molecular complexity index is 274. The second-order valence-electron chi connectivity index (χ2n) is 4.34. The fourth-order valence-corrected chi connectivity index (χ4v) is 2.62. The first kappa shape index (κ1) is 15.3. The second-order valence-corrected chi connectivity index (χ2v) is 5.39. The average Bonchev–Trinajstić information content (AvgIpc) is 2.77. The van der Waals surface area contributed by atoms with Crippen molar-refractivity contribution in [2.75, 3.05) is 32.0 Å². The van der Waals surface area contributed by atoms with Crippen LogP contribution >= 0.6 is 11.8 Å². The van der Waals surface area contributed by atoms with E-state index in [1.54, 1.807) is 4.90 Å². The number of aliphatic hydroxyl groups excluding tert-OH is 1. The maximum absolute atomic E-state index is 11.5. The van der Waals surface area contributed by atoms with Gasteiger partial charge in [-0.15, -0.1) is 0 Å². The van der Waals surface area contributed by atoms with Crippen molar-refractivity contribution in [3.8, 4) is 0 Å². The highest BCUT2D eigenvalue weighted by Gasteiger charge is 2.21. The van der Waals surface area contributed by atoms with Crippen LogP contribution in [0.3, 0.4) is 0 Å². The van der Waals surface area contributed by atoms with E-state index < -0.39 is 0 Å². The Balaban J connectivity index is 1.95. The fourth-order valence-electron chi connectivity index (χ4n) is 1.77. The molecule has 1 rings (SSSR count). The molecule has 18 heavy (non-hydrogen) atoms. The lowest BCUT2D eigenvalue weighted by molar-refractivity contribution is -0.121. The number of rotatable bonds is 9. The molecule has 0 spiro atoms. The molecule has 0 bridgehead atoms. The molecule has 2 amide bonds. The van der Waals surface area contributed by atoms with Gasteiger partial charge in [-0.2, -0.15) is 0 Å². The highest BCUT2D eigenvalue weighted by molar-refractivity contribution is 8.13. The summed E-state index contributed by atoms with van der Waals surface area (Å²) in [6.07, 6.45) is 4.21. The highest BCUT2D eigenvalue weighted by atomic mass is 32.2. The van der Waals surface area contributed by atoms with Crippen molar-refractivity contribution in [2.45, 2.75) is 32.1 Å². The minimum Gasteiger partial charge on any atom is -0.396 e. The van der Waals surface area contributed by atoms with Crippen LogP contribution in [0.5, 0.6) is 0 Å². The zero-order valence-electron chi connectivity index (χ0n) is 10.7. The van der Waals surface area contributed by atoms with Crippen molar-refractivity contribution >= 4 is 22.9 Å². The topological polar surface area (TPSA) is 69.6 Å². The van der Waals surface area contributed by atoms with Crippen LogP contribution in [0, 0.1) is 0 Å². The molecule has 1 heterocycles. The van der Waals surface area contributed by atoms with E-state index in [-0.39, 0.29) is 17.8 Å². The molecule has 1 aliphatic heterocycles. The number of nitrogens with zero attached hydrogens (tertiary/aromatic N) is 1. The molecular weight excluding hydrogens is 252 g/mol.